The number of nitrogens with two attached hydrogens (primary N) is 1. The van der Waals surface area contributed by atoms with Crippen molar-refractivity contribution < 1.29 is 14.3 Å². The molecular formula is C13H9FN4O2S. The first-order valence-corrected chi connectivity index (χ1v) is 6.68. The number of carboxylic acids is 1. The van der Waals surface area contributed by atoms with Crippen LogP contribution in [0.1, 0.15) is 10.4 Å². The van der Waals surface area contributed by atoms with Crippen molar-refractivity contribution in [2.45, 2.75) is 10.1 Å². The summed E-state index contributed by atoms with van der Waals surface area (Å²) in [6, 6.07) is 7.89. The standard InChI is InChI=1S/C13H9FN4O2S/c14-7-4-5-8(10(11(7)15)12(19)20)21-13-17-16-9-3-1-2-6-18(9)13/h1-6H,15H2,(H,19,20). The van der Waals surface area contributed by atoms with Gasteiger partial charge in [-0.3, -0.25) is 4.40 Å². The second-order valence-corrected chi connectivity index (χ2v) is 5.16. The van der Waals surface area contributed by atoms with E-state index in [9.17, 15) is 14.3 Å². The predicted molar refractivity (Wildman–Crippen MR) is 74.9 cm³/mol. The maximum absolute atomic E-state index is 13.4. The van der Waals surface area contributed by atoms with Crippen molar-refractivity contribution in [2.24, 2.45) is 0 Å². The number of rotatable bonds is 3. The normalized spacial score (nSPS) is 10.9. The lowest BCUT2D eigenvalue weighted by Crippen LogP contribution is -2.06. The Morgan fingerprint density at radius 1 is 1.29 bits per heavy atom. The summed E-state index contributed by atoms with van der Waals surface area (Å²) in [7, 11) is 0. The molecule has 0 atom stereocenters. The quantitative estimate of drug-likeness (QED) is 0.721. The van der Waals surface area contributed by atoms with Crippen molar-refractivity contribution >= 4 is 29.1 Å². The van der Waals surface area contributed by atoms with Gasteiger partial charge in [0.1, 0.15) is 5.82 Å². The smallest absolute Gasteiger partial charge is 0.339 e. The molecule has 0 aliphatic heterocycles. The number of benzene rings is 1. The van der Waals surface area contributed by atoms with Gasteiger partial charge in [0.15, 0.2) is 10.8 Å². The monoisotopic (exact) mass is 304 g/mol. The Bertz CT molecular complexity index is 849. The molecule has 3 rings (SSSR count). The zero-order chi connectivity index (χ0) is 15.0. The Morgan fingerprint density at radius 2 is 2.10 bits per heavy atom. The van der Waals surface area contributed by atoms with Crippen LogP contribution in [0.5, 0.6) is 0 Å². The molecule has 2 aromatic heterocycles. The van der Waals surface area contributed by atoms with Crippen molar-refractivity contribution in [1.29, 1.82) is 0 Å². The number of aromatic carboxylic acids is 1. The van der Waals surface area contributed by atoms with E-state index in [-0.39, 0.29) is 11.3 Å². The van der Waals surface area contributed by atoms with Crippen LogP contribution >= 0.6 is 11.8 Å². The number of hydrogen-bond donors (Lipinski definition) is 2. The largest absolute Gasteiger partial charge is 0.478 e. The predicted octanol–water partition coefficient (Wildman–Crippen LogP) is 2.30. The van der Waals surface area contributed by atoms with Gasteiger partial charge >= 0.3 is 5.97 Å². The Labute approximate surface area is 122 Å². The van der Waals surface area contributed by atoms with Gasteiger partial charge in [0.2, 0.25) is 0 Å². The average Bonchev–Trinajstić information content (AvgIpc) is 2.86. The lowest BCUT2D eigenvalue weighted by atomic mass is 10.2. The number of nitrogens with zero attached hydrogens (tertiary/aromatic N) is 3. The van der Waals surface area contributed by atoms with E-state index < -0.39 is 11.8 Å². The molecule has 0 radical (unpaired) electrons. The van der Waals surface area contributed by atoms with Crippen LogP contribution in [-0.4, -0.2) is 25.7 Å². The highest BCUT2D eigenvalue weighted by atomic mass is 32.2. The Hall–Kier alpha value is -2.61. The fourth-order valence-electron chi connectivity index (χ4n) is 1.87. The highest BCUT2D eigenvalue weighted by Gasteiger charge is 2.19. The van der Waals surface area contributed by atoms with E-state index in [1.54, 1.807) is 22.7 Å². The third kappa shape index (κ3) is 2.29. The second-order valence-electron chi connectivity index (χ2n) is 4.15. The van der Waals surface area contributed by atoms with Crippen LogP contribution in [0.25, 0.3) is 5.65 Å². The topological polar surface area (TPSA) is 93.5 Å². The summed E-state index contributed by atoms with van der Waals surface area (Å²) in [4.78, 5) is 11.6. The molecule has 0 spiro atoms. The number of fused-ring (bicyclic) bond motifs is 1. The number of carbonyl (C=O) groups is 1. The van der Waals surface area contributed by atoms with Crippen LogP contribution in [0.4, 0.5) is 10.1 Å². The van der Waals surface area contributed by atoms with Gasteiger partial charge in [0.05, 0.1) is 11.3 Å². The SMILES string of the molecule is Nc1c(F)ccc(Sc2nnc3ccccn23)c1C(=O)O. The molecule has 2 heterocycles. The minimum Gasteiger partial charge on any atom is -0.478 e. The molecule has 8 heteroatoms. The first kappa shape index (κ1) is 13.4. The first-order valence-electron chi connectivity index (χ1n) is 5.87. The zero-order valence-corrected chi connectivity index (χ0v) is 11.3. The highest BCUT2D eigenvalue weighted by molar-refractivity contribution is 7.99. The fraction of sp³-hybridized carbons (Fsp3) is 0. The molecule has 21 heavy (non-hydrogen) atoms. The number of anilines is 1. The maximum Gasteiger partial charge on any atom is 0.339 e. The van der Waals surface area contributed by atoms with Crippen LogP contribution in [-0.2, 0) is 0 Å². The van der Waals surface area contributed by atoms with Crippen LogP contribution in [0.2, 0.25) is 0 Å². The number of pyridine rings is 1. The summed E-state index contributed by atoms with van der Waals surface area (Å²) in [5.41, 5.74) is 5.49. The molecule has 3 N–H and O–H groups in total. The Kier molecular flexibility index (Phi) is 3.22. The van der Waals surface area contributed by atoms with Gasteiger partial charge in [0.25, 0.3) is 0 Å². The minimum atomic E-state index is -1.29. The summed E-state index contributed by atoms with van der Waals surface area (Å²) in [6.07, 6.45) is 1.75. The molecule has 6 nitrogen and oxygen atoms in total. The summed E-state index contributed by atoms with van der Waals surface area (Å²) in [5.74, 6) is -2.05. The summed E-state index contributed by atoms with van der Waals surface area (Å²) in [5, 5.41) is 17.6. The number of carboxylic acid groups (broad SMARTS) is 1. The van der Waals surface area contributed by atoms with Gasteiger partial charge < -0.3 is 10.8 Å². The third-order valence-electron chi connectivity index (χ3n) is 2.85. The third-order valence-corrected chi connectivity index (χ3v) is 3.87. The van der Waals surface area contributed by atoms with Crippen LogP contribution < -0.4 is 5.73 Å². The molecular weight excluding hydrogens is 295 g/mol. The Balaban J connectivity index is 2.10. The lowest BCUT2D eigenvalue weighted by molar-refractivity contribution is 0.0694. The minimum absolute atomic E-state index is 0.271. The van der Waals surface area contributed by atoms with E-state index >= 15 is 0 Å². The van der Waals surface area contributed by atoms with Crippen LogP contribution in [0, 0.1) is 5.82 Å². The average molecular weight is 304 g/mol. The molecule has 0 aliphatic rings. The molecule has 0 aliphatic carbocycles. The van der Waals surface area contributed by atoms with Crippen molar-refractivity contribution in [3.8, 4) is 0 Å². The van der Waals surface area contributed by atoms with Gasteiger partial charge in [-0.2, -0.15) is 0 Å². The Morgan fingerprint density at radius 3 is 2.86 bits per heavy atom. The van der Waals surface area contributed by atoms with E-state index in [2.05, 4.69) is 10.2 Å². The van der Waals surface area contributed by atoms with Crippen LogP contribution in [0.3, 0.4) is 0 Å². The van der Waals surface area contributed by atoms with E-state index in [0.717, 1.165) is 17.8 Å². The number of hydrogen-bond acceptors (Lipinski definition) is 5. The van der Waals surface area contributed by atoms with Crippen molar-refractivity contribution in [3.63, 3.8) is 0 Å². The van der Waals surface area contributed by atoms with E-state index in [1.807, 2.05) is 6.07 Å². The number of aromatic nitrogens is 3. The van der Waals surface area contributed by atoms with E-state index in [0.29, 0.717) is 15.7 Å². The summed E-state index contributed by atoms with van der Waals surface area (Å²) >= 11 is 1.06. The van der Waals surface area contributed by atoms with Gasteiger partial charge in [-0.05, 0) is 36.0 Å². The fourth-order valence-corrected chi connectivity index (χ4v) is 2.83. The zero-order valence-electron chi connectivity index (χ0n) is 10.5. The molecule has 3 aromatic rings. The van der Waals surface area contributed by atoms with Gasteiger partial charge in [0, 0.05) is 11.1 Å². The molecule has 0 saturated heterocycles. The van der Waals surface area contributed by atoms with Crippen molar-refractivity contribution in [3.05, 3.63) is 47.9 Å². The maximum atomic E-state index is 13.4. The van der Waals surface area contributed by atoms with Crippen molar-refractivity contribution in [1.82, 2.24) is 14.6 Å². The van der Waals surface area contributed by atoms with E-state index in [1.165, 1.54) is 6.07 Å². The molecule has 0 fully saturated rings. The summed E-state index contributed by atoms with van der Waals surface area (Å²) in [6.45, 7) is 0. The second kappa shape index (κ2) is 5.06. The molecule has 0 saturated carbocycles. The summed E-state index contributed by atoms with van der Waals surface area (Å²) < 4.78 is 15.1. The molecule has 0 bridgehead atoms. The molecule has 0 amide bonds. The van der Waals surface area contributed by atoms with E-state index in [4.69, 9.17) is 5.73 Å². The van der Waals surface area contributed by atoms with Crippen LogP contribution in [0.15, 0.2) is 46.6 Å². The molecule has 106 valence electrons. The van der Waals surface area contributed by atoms with Gasteiger partial charge in [-0.25, -0.2) is 9.18 Å². The highest BCUT2D eigenvalue weighted by Crippen LogP contribution is 2.33. The lowest BCUT2D eigenvalue weighted by Gasteiger charge is -2.08. The molecule has 0 unspecified atom stereocenters. The van der Waals surface area contributed by atoms with Crippen molar-refractivity contribution in [2.75, 3.05) is 5.73 Å². The number of halogens is 1. The van der Waals surface area contributed by atoms with Gasteiger partial charge in [-0.1, -0.05) is 6.07 Å². The first-order chi connectivity index (χ1) is 10.1. The molecule has 1 aromatic carbocycles. The number of nitrogen functional groups attached to an aromatic ring is 1. The van der Waals surface area contributed by atoms with Gasteiger partial charge in [-0.15, -0.1) is 10.2 Å².